The maximum absolute atomic E-state index is 12.1. The highest BCUT2D eigenvalue weighted by molar-refractivity contribution is 5.87. The molecule has 0 saturated carbocycles. The van der Waals surface area contributed by atoms with Crippen molar-refractivity contribution in [3.63, 3.8) is 0 Å². The van der Waals surface area contributed by atoms with Crippen molar-refractivity contribution >= 4 is 12.0 Å². The molecule has 7 heteroatoms. The number of hydrogen-bond acceptors (Lipinski definition) is 4. The van der Waals surface area contributed by atoms with Crippen LogP contribution >= 0.6 is 0 Å². The fraction of sp³-hybridized carbons (Fsp3) is 0.429. The quantitative estimate of drug-likeness (QED) is 0.741. The molecule has 0 aliphatic carbocycles. The fourth-order valence-electron chi connectivity index (χ4n) is 2.12. The summed E-state index contributed by atoms with van der Waals surface area (Å²) >= 11 is 0. The number of carboxylic acids is 1. The molecule has 0 bridgehead atoms. The standard InChI is InChI=1S/C14H18N2O5/c17-8-12-9-21-6-5-16(12)14(20)15-7-10-1-3-11(4-2-10)13(18)19/h1-4,12,17H,5-9H2,(H,15,20)(H,18,19). The third-order valence-electron chi connectivity index (χ3n) is 3.34. The van der Waals surface area contributed by atoms with Crippen molar-refractivity contribution in [3.8, 4) is 0 Å². The molecule has 7 nitrogen and oxygen atoms in total. The first-order chi connectivity index (χ1) is 10.1. The van der Waals surface area contributed by atoms with Gasteiger partial charge in [0, 0.05) is 13.1 Å². The first kappa shape index (κ1) is 15.3. The molecule has 2 rings (SSSR count). The van der Waals surface area contributed by atoms with Gasteiger partial charge in [-0.25, -0.2) is 9.59 Å². The molecule has 3 N–H and O–H groups in total. The van der Waals surface area contributed by atoms with E-state index in [1.54, 1.807) is 17.0 Å². The Morgan fingerprint density at radius 1 is 1.33 bits per heavy atom. The summed E-state index contributed by atoms with van der Waals surface area (Å²) in [6.45, 7) is 1.39. The monoisotopic (exact) mass is 294 g/mol. The minimum absolute atomic E-state index is 0.138. The van der Waals surface area contributed by atoms with Crippen LogP contribution in [0.5, 0.6) is 0 Å². The van der Waals surface area contributed by atoms with E-state index in [1.807, 2.05) is 0 Å². The van der Waals surface area contributed by atoms with E-state index < -0.39 is 5.97 Å². The number of carbonyl (C=O) groups is 2. The van der Waals surface area contributed by atoms with Crippen LogP contribution < -0.4 is 5.32 Å². The van der Waals surface area contributed by atoms with Gasteiger partial charge in [0.25, 0.3) is 0 Å². The smallest absolute Gasteiger partial charge is 0.335 e. The van der Waals surface area contributed by atoms with E-state index in [0.717, 1.165) is 5.56 Å². The number of rotatable bonds is 4. The summed E-state index contributed by atoms with van der Waals surface area (Å²) in [5.74, 6) is -0.982. The van der Waals surface area contributed by atoms with E-state index in [-0.39, 0.29) is 24.2 Å². The van der Waals surface area contributed by atoms with Crippen LogP contribution in [0.2, 0.25) is 0 Å². The second-order valence-electron chi connectivity index (χ2n) is 4.77. The van der Waals surface area contributed by atoms with Crippen LogP contribution in [-0.4, -0.2) is 59.5 Å². The summed E-state index contributed by atoms with van der Waals surface area (Å²) in [6.07, 6.45) is 0. The lowest BCUT2D eigenvalue weighted by Gasteiger charge is -2.34. The third kappa shape index (κ3) is 3.93. The first-order valence-electron chi connectivity index (χ1n) is 6.67. The van der Waals surface area contributed by atoms with Crippen molar-refractivity contribution in [1.29, 1.82) is 0 Å². The Hall–Kier alpha value is -2.12. The Morgan fingerprint density at radius 2 is 2.05 bits per heavy atom. The van der Waals surface area contributed by atoms with Crippen LogP contribution in [0.15, 0.2) is 24.3 Å². The molecule has 1 aromatic rings. The van der Waals surface area contributed by atoms with Gasteiger partial charge in [-0.05, 0) is 17.7 Å². The zero-order chi connectivity index (χ0) is 15.2. The van der Waals surface area contributed by atoms with Gasteiger partial charge in [-0.15, -0.1) is 0 Å². The van der Waals surface area contributed by atoms with Crippen molar-refractivity contribution in [2.75, 3.05) is 26.4 Å². The lowest BCUT2D eigenvalue weighted by Crippen LogP contribution is -2.53. The maximum Gasteiger partial charge on any atom is 0.335 e. The average molecular weight is 294 g/mol. The highest BCUT2D eigenvalue weighted by Crippen LogP contribution is 2.08. The van der Waals surface area contributed by atoms with E-state index in [9.17, 15) is 14.7 Å². The van der Waals surface area contributed by atoms with E-state index in [2.05, 4.69) is 5.32 Å². The Bertz CT molecular complexity index is 503. The van der Waals surface area contributed by atoms with Gasteiger partial charge in [-0.2, -0.15) is 0 Å². The number of urea groups is 1. The first-order valence-corrected chi connectivity index (χ1v) is 6.67. The second-order valence-corrected chi connectivity index (χ2v) is 4.77. The number of morpholine rings is 1. The summed E-state index contributed by atoms with van der Waals surface area (Å²) in [5.41, 5.74) is 1.01. The van der Waals surface area contributed by atoms with Gasteiger partial charge in [-0.1, -0.05) is 12.1 Å². The SMILES string of the molecule is O=C(O)c1ccc(CNC(=O)N2CCOCC2CO)cc1. The molecule has 2 amide bonds. The fourth-order valence-corrected chi connectivity index (χ4v) is 2.12. The highest BCUT2D eigenvalue weighted by Gasteiger charge is 2.26. The lowest BCUT2D eigenvalue weighted by molar-refractivity contribution is -0.00766. The van der Waals surface area contributed by atoms with Gasteiger partial charge >= 0.3 is 12.0 Å². The summed E-state index contributed by atoms with van der Waals surface area (Å²) in [6, 6.07) is 5.72. The topological polar surface area (TPSA) is 99.1 Å². The number of aliphatic hydroxyl groups excluding tert-OH is 1. The number of ether oxygens (including phenoxy) is 1. The zero-order valence-electron chi connectivity index (χ0n) is 11.5. The Balaban J connectivity index is 1.89. The van der Waals surface area contributed by atoms with Crippen LogP contribution in [0, 0.1) is 0 Å². The number of amides is 2. The predicted octanol–water partition coefficient (Wildman–Crippen LogP) is 0.287. The van der Waals surface area contributed by atoms with E-state index in [0.29, 0.717) is 26.3 Å². The predicted molar refractivity (Wildman–Crippen MR) is 74.0 cm³/mol. The second kappa shape index (κ2) is 7.05. The van der Waals surface area contributed by atoms with E-state index in [4.69, 9.17) is 9.84 Å². The Morgan fingerprint density at radius 3 is 2.67 bits per heavy atom. The van der Waals surface area contributed by atoms with Gasteiger partial charge in [0.15, 0.2) is 0 Å². The number of carbonyl (C=O) groups excluding carboxylic acids is 1. The van der Waals surface area contributed by atoms with Gasteiger partial charge in [-0.3, -0.25) is 0 Å². The summed E-state index contributed by atoms with van der Waals surface area (Å²) < 4.78 is 5.21. The van der Waals surface area contributed by atoms with E-state index >= 15 is 0 Å². The van der Waals surface area contributed by atoms with Crippen LogP contribution in [0.1, 0.15) is 15.9 Å². The highest BCUT2D eigenvalue weighted by atomic mass is 16.5. The number of benzene rings is 1. The van der Waals surface area contributed by atoms with Crippen molar-refractivity contribution in [3.05, 3.63) is 35.4 Å². The molecular weight excluding hydrogens is 276 g/mol. The van der Waals surface area contributed by atoms with Crippen LogP contribution in [0.25, 0.3) is 0 Å². The molecule has 21 heavy (non-hydrogen) atoms. The molecule has 1 unspecified atom stereocenters. The zero-order valence-corrected chi connectivity index (χ0v) is 11.5. The minimum Gasteiger partial charge on any atom is -0.478 e. The van der Waals surface area contributed by atoms with Gasteiger partial charge in [0.05, 0.1) is 31.4 Å². The van der Waals surface area contributed by atoms with Gasteiger partial charge < -0.3 is 25.2 Å². The third-order valence-corrected chi connectivity index (χ3v) is 3.34. The Labute approximate surface area is 122 Å². The Kier molecular flexibility index (Phi) is 5.13. The van der Waals surface area contributed by atoms with Crippen LogP contribution in [-0.2, 0) is 11.3 Å². The minimum atomic E-state index is -0.982. The summed E-state index contributed by atoms with van der Waals surface area (Å²) in [5, 5.41) is 20.8. The average Bonchev–Trinajstić information content (AvgIpc) is 2.52. The van der Waals surface area contributed by atoms with Crippen molar-refractivity contribution in [2.24, 2.45) is 0 Å². The molecule has 0 spiro atoms. The largest absolute Gasteiger partial charge is 0.478 e. The van der Waals surface area contributed by atoms with Crippen LogP contribution in [0.4, 0.5) is 4.79 Å². The molecule has 1 fully saturated rings. The molecule has 1 aliphatic rings. The molecule has 0 radical (unpaired) electrons. The van der Waals surface area contributed by atoms with E-state index in [1.165, 1.54) is 12.1 Å². The summed E-state index contributed by atoms with van der Waals surface area (Å²) in [7, 11) is 0. The summed E-state index contributed by atoms with van der Waals surface area (Å²) in [4.78, 5) is 24.4. The number of hydrogen-bond donors (Lipinski definition) is 3. The maximum atomic E-state index is 12.1. The molecule has 0 aromatic heterocycles. The number of nitrogens with one attached hydrogen (secondary N) is 1. The molecule has 1 atom stereocenters. The van der Waals surface area contributed by atoms with Crippen LogP contribution in [0.3, 0.4) is 0 Å². The number of aromatic carboxylic acids is 1. The van der Waals surface area contributed by atoms with Crippen molar-refractivity contribution < 1.29 is 24.5 Å². The van der Waals surface area contributed by atoms with Crippen molar-refractivity contribution in [2.45, 2.75) is 12.6 Å². The number of aliphatic hydroxyl groups is 1. The van der Waals surface area contributed by atoms with Gasteiger partial charge in [0.1, 0.15) is 0 Å². The normalized spacial score (nSPS) is 18.3. The lowest BCUT2D eigenvalue weighted by atomic mass is 10.1. The molecule has 1 aromatic carbocycles. The number of carboxylic acid groups (broad SMARTS) is 1. The molecular formula is C14H18N2O5. The van der Waals surface area contributed by atoms with Crippen molar-refractivity contribution in [1.82, 2.24) is 10.2 Å². The molecule has 1 heterocycles. The number of nitrogens with zero attached hydrogens (tertiary/aromatic N) is 1. The van der Waals surface area contributed by atoms with Gasteiger partial charge in [0.2, 0.25) is 0 Å². The molecule has 114 valence electrons. The molecule has 1 aliphatic heterocycles. The molecule has 1 saturated heterocycles.